The molecule has 1 N–H and O–H groups in total. The van der Waals surface area contributed by atoms with Gasteiger partial charge in [-0.3, -0.25) is 9.59 Å². The number of hydrogen-bond donors (Lipinski definition) is 1. The minimum Gasteiger partial charge on any atom is -0.338 e. The van der Waals surface area contributed by atoms with Crippen LogP contribution in [-0.2, 0) is 16.1 Å². The highest BCUT2D eigenvalue weighted by Gasteiger charge is 2.13. The minimum atomic E-state index is -0.117. The Bertz CT molecular complexity index is 774. The van der Waals surface area contributed by atoms with Crippen LogP contribution in [0.4, 0.5) is 5.69 Å². The number of nitrogens with zero attached hydrogens (tertiary/aromatic N) is 1. The van der Waals surface area contributed by atoms with Gasteiger partial charge in [0.05, 0.1) is 0 Å². The fourth-order valence-electron chi connectivity index (χ4n) is 2.46. The zero-order valence-electron chi connectivity index (χ0n) is 14.8. The van der Waals surface area contributed by atoms with Crippen molar-refractivity contribution < 1.29 is 9.59 Å². The van der Waals surface area contributed by atoms with E-state index >= 15 is 0 Å². The molecule has 0 aliphatic carbocycles. The van der Waals surface area contributed by atoms with Crippen LogP contribution < -0.4 is 5.32 Å². The second-order valence-electron chi connectivity index (χ2n) is 6.13. The fourth-order valence-corrected chi connectivity index (χ4v) is 2.65. The number of anilines is 1. The van der Waals surface area contributed by atoms with Gasteiger partial charge < -0.3 is 10.2 Å². The van der Waals surface area contributed by atoms with Gasteiger partial charge >= 0.3 is 0 Å². The summed E-state index contributed by atoms with van der Waals surface area (Å²) in [5.41, 5.74) is 3.95. The van der Waals surface area contributed by atoms with Crippen molar-refractivity contribution in [3.63, 3.8) is 0 Å². The second kappa shape index (κ2) is 8.67. The smallest absolute Gasteiger partial charge is 0.226 e. The van der Waals surface area contributed by atoms with Crippen LogP contribution in [0, 0.1) is 13.8 Å². The summed E-state index contributed by atoms with van der Waals surface area (Å²) >= 11 is 6.15. The highest BCUT2D eigenvalue weighted by atomic mass is 35.5. The normalized spacial score (nSPS) is 10.4. The van der Waals surface area contributed by atoms with E-state index in [4.69, 9.17) is 11.6 Å². The van der Waals surface area contributed by atoms with E-state index < -0.39 is 0 Å². The Kier molecular flexibility index (Phi) is 6.59. The first-order chi connectivity index (χ1) is 11.9. The second-order valence-corrected chi connectivity index (χ2v) is 6.54. The molecule has 0 fully saturated rings. The maximum absolute atomic E-state index is 12.2. The van der Waals surface area contributed by atoms with Gasteiger partial charge in [0.2, 0.25) is 11.8 Å². The molecule has 0 atom stereocenters. The molecule has 2 amide bonds. The van der Waals surface area contributed by atoms with Crippen molar-refractivity contribution in [3.05, 3.63) is 64.2 Å². The van der Waals surface area contributed by atoms with E-state index in [2.05, 4.69) is 5.32 Å². The third-order valence-electron chi connectivity index (χ3n) is 4.16. The van der Waals surface area contributed by atoms with Gasteiger partial charge in [-0.1, -0.05) is 35.9 Å². The van der Waals surface area contributed by atoms with Crippen LogP contribution in [-0.4, -0.2) is 23.3 Å². The molecule has 0 bridgehead atoms. The van der Waals surface area contributed by atoms with Crippen LogP contribution in [0.25, 0.3) is 0 Å². The number of halogens is 1. The van der Waals surface area contributed by atoms with E-state index in [1.54, 1.807) is 11.0 Å². The van der Waals surface area contributed by atoms with Crippen molar-refractivity contribution in [2.24, 2.45) is 0 Å². The van der Waals surface area contributed by atoms with Crippen LogP contribution >= 0.6 is 11.6 Å². The van der Waals surface area contributed by atoms with Gasteiger partial charge in [0.15, 0.2) is 0 Å². The molecule has 0 spiro atoms. The predicted molar refractivity (Wildman–Crippen MR) is 102 cm³/mol. The molecule has 0 radical (unpaired) electrons. The summed E-state index contributed by atoms with van der Waals surface area (Å²) in [6, 6.07) is 13.2. The van der Waals surface area contributed by atoms with Crippen molar-refractivity contribution in [2.45, 2.75) is 33.7 Å². The van der Waals surface area contributed by atoms with E-state index in [0.29, 0.717) is 18.1 Å². The summed E-state index contributed by atoms with van der Waals surface area (Å²) in [6.07, 6.45) is 0.233. The summed E-state index contributed by atoms with van der Waals surface area (Å²) in [5, 5.41) is 3.50. The molecular formula is C20H23ClN2O2. The molecular weight excluding hydrogens is 336 g/mol. The van der Waals surface area contributed by atoms with Gasteiger partial charge in [-0.2, -0.15) is 0 Å². The number of hydrogen-bond acceptors (Lipinski definition) is 2. The van der Waals surface area contributed by atoms with Crippen LogP contribution in [0.2, 0.25) is 5.02 Å². The molecule has 2 rings (SSSR count). The SMILES string of the molecule is CC(=O)N(CCC(=O)Nc1ccc(C)c(C)c1)Cc1ccccc1Cl. The maximum atomic E-state index is 12.2. The van der Waals surface area contributed by atoms with E-state index in [0.717, 1.165) is 16.8 Å². The maximum Gasteiger partial charge on any atom is 0.226 e. The third kappa shape index (κ3) is 5.61. The van der Waals surface area contributed by atoms with E-state index in [1.165, 1.54) is 12.5 Å². The quantitative estimate of drug-likeness (QED) is 0.835. The van der Waals surface area contributed by atoms with E-state index in [9.17, 15) is 9.59 Å². The minimum absolute atomic E-state index is 0.0844. The molecule has 132 valence electrons. The van der Waals surface area contributed by atoms with E-state index in [-0.39, 0.29) is 18.2 Å². The monoisotopic (exact) mass is 358 g/mol. The van der Waals surface area contributed by atoms with Crippen LogP contribution in [0.1, 0.15) is 30.0 Å². The number of amides is 2. The highest BCUT2D eigenvalue weighted by Crippen LogP contribution is 2.18. The highest BCUT2D eigenvalue weighted by molar-refractivity contribution is 6.31. The van der Waals surface area contributed by atoms with Gasteiger partial charge in [-0.05, 0) is 48.7 Å². The van der Waals surface area contributed by atoms with Gasteiger partial charge in [0.25, 0.3) is 0 Å². The van der Waals surface area contributed by atoms with Crippen LogP contribution in [0.3, 0.4) is 0 Å². The Morgan fingerprint density at radius 1 is 1.08 bits per heavy atom. The molecule has 2 aromatic rings. The Morgan fingerprint density at radius 3 is 2.44 bits per heavy atom. The molecule has 5 heteroatoms. The summed E-state index contributed by atoms with van der Waals surface area (Å²) in [6.45, 7) is 6.27. The lowest BCUT2D eigenvalue weighted by atomic mass is 10.1. The zero-order chi connectivity index (χ0) is 18.4. The molecule has 4 nitrogen and oxygen atoms in total. The van der Waals surface area contributed by atoms with E-state index in [1.807, 2.05) is 50.2 Å². The molecule has 0 unspecified atom stereocenters. The summed E-state index contributed by atoms with van der Waals surface area (Å²) in [4.78, 5) is 25.7. The standard InChI is InChI=1S/C20H23ClN2O2/c1-14-8-9-18(12-15(14)2)22-20(25)10-11-23(16(3)24)13-17-6-4-5-7-19(17)21/h4-9,12H,10-11,13H2,1-3H3,(H,22,25). The van der Waals surface area contributed by atoms with Crippen molar-refractivity contribution in [1.82, 2.24) is 4.90 Å². The molecule has 2 aromatic carbocycles. The molecule has 0 aliphatic heterocycles. The number of benzene rings is 2. The number of nitrogens with one attached hydrogen (secondary N) is 1. The number of rotatable bonds is 6. The summed E-state index contributed by atoms with van der Waals surface area (Å²) < 4.78 is 0. The lowest BCUT2D eigenvalue weighted by Gasteiger charge is -2.21. The lowest BCUT2D eigenvalue weighted by molar-refractivity contribution is -0.129. The van der Waals surface area contributed by atoms with Crippen molar-refractivity contribution in [3.8, 4) is 0 Å². The molecule has 0 aromatic heterocycles. The fraction of sp³-hybridized carbons (Fsp3) is 0.300. The van der Waals surface area contributed by atoms with Crippen molar-refractivity contribution >= 4 is 29.1 Å². The number of carbonyl (C=O) groups excluding carboxylic acids is 2. The zero-order valence-corrected chi connectivity index (χ0v) is 15.6. The summed E-state index contributed by atoms with van der Waals surface area (Å²) in [7, 11) is 0. The Hall–Kier alpha value is -2.33. The molecule has 0 saturated carbocycles. The van der Waals surface area contributed by atoms with Crippen LogP contribution in [0.5, 0.6) is 0 Å². The first kappa shape index (κ1) is 19.0. The predicted octanol–water partition coefficient (Wildman–Crippen LogP) is 4.33. The van der Waals surface area contributed by atoms with Gasteiger partial charge in [0.1, 0.15) is 0 Å². The van der Waals surface area contributed by atoms with Gasteiger partial charge in [-0.25, -0.2) is 0 Å². The van der Waals surface area contributed by atoms with Gasteiger partial charge in [0, 0.05) is 37.1 Å². The Labute approximate surface area is 153 Å². The van der Waals surface area contributed by atoms with Crippen molar-refractivity contribution in [1.29, 1.82) is 0 Å². The average Bonchev–Trinajstić information content (AvgIpc) is 2.56. The summed E-state index contributed by atoms with van der Waals surface area (Å²) in [5.74, 6) is -0.201. The number of carbonyl (C=O) groups is 2. The largest absolute Gasteiger partial charge is 0.338 e. The lowest BCUT2D eigenvalue weighted by Crippen LogP contribution is -2.31. The van der Waals surface area contributed by atoms with Gasteiger partial charge in [-0.15, -0.1) is 0 Å². The molecule has 0 heterocycles. The Balaban J connectivity index is 1.94. The average molecular weight is 359 g/mol. The van der Waals surface area contributed by atoms with Crippen molar-refractivity contribution in [2.75, 3.05) is 11.9 Å². The Morgan fingerprint density at radius 2 is 1.80 bits per heavy atom. The first-order valence-electron chi connectivity index (χ1n) is 8.23. The number of aryl methyl sites for hydroxylation is 2. The molecule has 0 aliphatic rings. The van der Waals surface area contributed by atoms with Crippen LogP contribution in [0.15, 0.2) is 42.5 Å². The topological polar surface area (TPSA) is 49.4 Å². The first-order valence-corrected chi connectivity index (χ1v) is 8.60. The molecule has 0 saturated heterocycles. The third-order valence-corrected chi connectivity index (χ3v) is 4.53. The molecule has 25 heavy (non-hydrogen) atoms.